The maximum atomic E-state index is 14.3. The van der Waals surface area contributed by atoms with Crippen LogP contribution in [0.15, 0.2) is 61.0 Å². The monoisotopic (exact) mass is 550 g/mol. The Hall–Kier alpha value is -4.16. The van der Waals surface area contributed by atoms with Gasteiger partial charge in [0, 0.05) is 49.7 Å². The maximum Gasteiger partial charge on any atom is 0.419 e. The van der Waals surface area contributed by atoms with Gasteiger partial charge in [-0.25, -0.2) is 14.4 Å². The van der Waals surface area contributed by atoms with Crippen molar-refractivity contribution in [1.29, 1.82) is 0 Å². The number of nitrogens with one attached hydrogen (secondary N) is 1. The van der Waals surface area contributed by atoms with E-state index in [1.165, 1.54) is 17.2 Å². The molecule has 1 aromatic carbocycles. The van der Waals surface area contributed by atoms with Crippen molar-refractivity contribution in [3.05, 3.63) is 89.2 Å². The Labute approximate surface area is 218 Å². The van der Waals surface area contributed by atoms with E-state index in [1.54, 1.807) is 17.2 Å². The number of halogens is 7. The Balaban J connectivity index is 1.51. The van der Waals surface area contributed by atoms with Gasteiger partial charge in [0.1, 0.15) is 17.5 Å². The van der Waals surface area contributed by atoms with Crippen LogP contribution in [0.2, 0.25) is 0 Å². The Bertz CT molecular complexity index is 1430. The predicted molar refractivity (Wildman–Crippen MR) is 131 cm³/mol. The lowest BCUT2D eigenvalue weighted by Gasteiger charge is -2.24. The molecule has 2 aliphatic heterocycles. The van der Waals surface area contributed by atoms with E-state index in [1.807, 2.05) is 12.2 Å². The third-order valence-electron chi connectivity index (χ3n) is 6.33. The highest BCUT2D eigenvalue weighted by atomic mass is 19.4. The summed E-state index contributed by atoms with van der Waals surface area (Å²) in [6.45, 7) is 0.796. The molecule has 0 unspecified atom stereocenters. The van der Waals surface area contributed by atoms with Crippen LogP contribution in [-0.2, 0) is 25.2 Å². The van der Waals surface area contributed by atoms with E-state index in [-0.39, 0.29) is 49.2 Å². The zero-order chi connectivity index (χ0) is 27.8. The number of allylic oxidation sites excluding steroid dienone is 2. The number of anilines is 4. The van der Waals surface area contributed by atoms with Crippen LogP contribution >= 0.6 is 0 Å². The lowest BCUT2D eigenvalue weighted by atomic mass is 10.1. The molecule has 13 heteroatoms. The van der Waals surface area contributed by atoms with Crippen molar-refractivity contribution in [1.82, 2.24) is 15.0 Å². The lowest BCUT2D eigenvalue weighted by molar-refractivity contribution is -0.140. The molecule has 2 aliphatic rings. The summed E-state index contributed by atoms with van der Waals surface area (Å²) in [5.74, 6) is -1.13. The van der Waals surface area contributed by atoms with Gasteiger partial charge in [-0.05, 0) is 42.8 Å². The van der Waals surface area contributed by atoms with Gasteiger partial charge < -0.3 is 15.1 Å². The topological polar surface area (TPSA) is 57.2 Å². The molecule has 0 saturated carbocycles. The first kappa shape index (κ1) is 26.4. The van der Waals surface area contributed by atoms with Crippen LogP contribution in [-0.4, -0.2) is 34.6 Å². The lowest BCUT2D eigenvalue weighted by Crippen LogP contribution is -2.29. The fourth-order valence-corrected chi connectivity index (χ4v) is 4.48. The van der Waals surface area contributed by atoms with E-state index in [9.17, 15) is 30.7 Å². The molecule has 204 valence electrons. The van der Waals surface area contributed by atoms with E-state index in [4.69, 9.17) is 0 Å². The molecule has 5 rings (SSSR count). The summed E-state index contributed by atoms with van der Waals surface area (Å²) in [5, 5.41) is 2.91. The minimum absolute atomic E-state index is 0.0339. The van der Waals surface area contributed by atoms with Crippen molar-refractivity contribution in [2.45, 2.75) is 25.2 Å². The normalized spacial score (nSPS) is 15.8. The number of aromatic nitrogens is 3. The number of fused-ring (bicyclic) bond motifs is 1. The molecule has 0 atom stereocenters. The number of rotatable bonds is 4. The highest BCUT2D eigenvalue weighted by Crippen LogP contribution is 2.37. The van der Waals surface area contributed by atoms with Gasteiger partial charge in [0.15, 0.2) is 0 Å². The summed E-state index contributed by atoms with van der Waals surface area (Å²) in [4.78, 5) is 16.5. The van der Waals surface area contributed by atoms with Crippen molar-refractivity contribution in [2.24, 2.45) is 0 Å². The van der Waals surface area contributed by atoms with Crippen LogP contribution < -0.4 is 15.1 Å². The summed E-state index contributed by atoms with van der Waals surface area (Å²) < 4.78 is 94.3. The largest absolute Gasteiger partial charge is 0.419 e. The third kappa shape index (κ3) is 5.66. The molecule has 2 aromatic heterocycles. The Morgan fingerprint density at radius 1 is 0.872 bits per heavy atom. The first-order chi connectivity index (χ1) is 18.5. The zero-order valence-electron chi connectivity index (χ0n) is 20.2. The molecule has 0 radical (unpaired) electrons. The van der Waals surface area contributed by atoms with Crippen molar-refractivity contribution in [3.8, 4) is 0 Å². The van der Waals surface area contributed by atoms with Gasteiger partial charge in [0.05, 0.1) is 16.8 Å². The maximum absolute atomic E-state index is 14.3. The molecule has 0 amide bonds. The number of pyridine rings is 1. The van der Waals surface area contributed by atoms with Crippen molar-refractivity contribution in [2.75, 3.05) is 34.8 Å². The number of benzene rings is 1. The van der Waals surface area contributed by atoms with E-state index in [2.05, 4.69) is 20.3 Å². The quantitative estimate of drug-likeness (QED) is 0.386. The Morgan fingerprint density at radius 2 is 1.64 bits per heavy atom. The molecule has 0 bridgehead atoms. The molecule has 3 aromatic rings. The van der Waals surface area contributed by atoms with Gasteiger partial charge in [-0.15, -0.1) is 0 Å². The van der Waals surface area contributed by atoms with Crippen molar-refractivity contribution < 1.29 is 30.7 Å². The smallest absolute Gasteiger partial charge is 0.355 e. The summed E-state index contributed by atoms with van der Waals surface area (Å²) in [5.41, 5.74) is -1.09. The molecule has 1 N–H and O–H groups in total. The van der Waals surface area contributed by atoms with Gasteiger partial charge in [0.25, 0.3) is 0 Å². The summed E-state index contributed by atoms with van der Waals surface area (Å²) in [6.07, 6.45) is -0.449. The van der Waals surface area contributed by atoms with Crippen LogP contribution in [0.25, 0.3) is 0 Å². The second-order valence-corrected chi connectivity index (χ2v) is 8.90. The van der Waals surface area contributed by atoms with Gasteiger partial charge in [-0.3, -0.25) is 0 Å². The second-order valence-electron chi connectivity index (χ2n) is 8.90. The fourth-order valence-electron chi connectivity index (χ4n) is 4.48. The predicted octanol–water partition coefficient (Wildman–Crippen LogP) is 6.29. The first-order valence-electron chi connectivity index (χ1n) is 11.9. The first-order valence-corrected chi connectivity index (χ1v) is 11.9. The number of hydrogen-bond donors (Lipinski definition) is 1. The zero-order valence-corrected chi connectivity index (χ0v) is 20.2. The Morgan fingerprint density at radius 3 is 2.33 bits per heavy atom. The fraction of sp³-hybridized carbons (Fsp3) is 0.269. The van der Waals surface area contributed by atoms with Gasteiger partial charge in [-0.1, -0.05) is 12.2 Å². The minimum atomic E-state index is -4.85. The van der Waals surface area contributed by atoms with E-state index in [0.29, 0.717) is 23.9 Å². The third-order valence-corrected chi connectivity index (χ3v) is 6.33. The molecule has 39 heavy (non-hydrogen) atoms. The van der Waals surface area contributed by atoms with Gasteiger partial charge in [0.2, 0.25) is 5.95 Å². The average Bonchev–Trinajstić information content (AvgIpc) is 3.11. The molecule has 0 aliphatic carbocycles. The standard InChI is InChI=1S/C26H21F7N6/c27-20-15-16(6-7-18(20)25(28,29)30)35-22-17-8-13-38(23-19(26(31,32)33)5-4-10-34-23)14-9-21(17)36-24(37-22)39-11-2-1-3-12-39/h1-7,10-11,15H,8-9,12-14H2,(H,35,36,37). The van der Waals surface area contributed by atoms with Crippen LogP contribution in [0, 0.1) is 5.82 Å². The molecular formula is C26H21F7N6. The van der Waals surface area contributed by atoms with Crippen LogP contribution in [0.5, 0.6) is 0 Å². The summed E-state index contributed by atoms with van der Waals surface area (Å²) in [6, 6.07) is 4.66. The van der Waals surface area contributed by atoms with E-state index >= 15 is 0 Å². The minimum Gasteiger partial charge on any atom is -0.355 e. The van der Waals surface area contributed by atoms with E-state index < -0.39 is 29.3 Å². The van der Waals surface area contributed by atoms with Crippen molar-refractivity contribution in [3.63, 3.8) is 0 Å². The van der Waals surface area contributed by atoms with Crippen LogP contribution in [0.1, 0.15) is 22.4 Å². The second kappa shape index (κ2) is 10.2. The number of hydrogen-bond acceptors (Lipinski definition) is 6. The highest BCUT2D eigenvalue weighted by molar-refractivity contribution is 5.64. The van der Waals surface area contributed by atoms with Crippen LogP contribution in [0.3, 0.4) is 0 Å². The average molecular weight is 550 g/mol. The SMILES string of the molecule is Fc1cc(Nc2nc(N3C=CC=CC3)nc3c2CCN(c2ncccc2C(F)(F)F)CC3)ccc1C(F)(F)F. The molecule has 6 nitrogen and oxygen atoms in total. The van der Waals surface area contributed by atoms with Gasteiger partial charge >= 0.3 is 12.4 Å². The van der Waals surface area contributed by atoms with E-state index in [0.717, 1.165) is 18.2 Å². The summed E-state index contributed by atoms with van der Waals surface area (Å²) in [7, 11) is 0. The molecule has 0 fully saturated rings. The molecule has 4 heterocycles. The highest BCUT2D eigenvalue weighted by Gasteiger charge is 2.36. The van der Waals surface area contributed by atoms with Crippen molar-refractivity contribution >= 4 is 23.3 Å². The number of alkyl halides is 6. The van der Waals surface area contributed by atoms with Gasteiger partial charge in [-0.2, -0.15) is 31.3 Å². The summed E-state index contributed by atoms with van der Waals surface area (Å²) >= 11 is 0. The molecule has 0 spiro atoms. The molecular weight excluding hydrogens is 529 g/mol. The Kier molecular flexibility index (Phi) is 6.91. The van der Waals surface area contributed by atoms with Crippen LogP contribution in [0.4, 0.5) is 54.0 Å². The molecule has 0 saturated heterocycles. The number of nitrogens with zero attached hydrogens (tertiary/aromatic N) is 5.